The van der Waals surface area contributed by atoms with Gasteiger partial charge in [-0.1, -0.05) is 72.3 Å². The summed E-state index contributed by atoms with van der Waals surface area (Å²) in [7, 11) is 1.23. The van der Waals surface area contributed by atoms with Crippen LogP contribution in [0.25, 0.3) is 11.1 Å². The Balaban J connectivity index is 1.69. The van der Waals surface area contributed by atoms with E-state index in [1.807, 2.05) is 43.3 Å². The molecule has 198 valence electrons. The summed E-state index contributed by atoms with van der Waals surface area (Å²) in [4.78, 5) is 18.6. The molecule has 1 heterocycles. The van der Waals surface area contributed by atoms with Gasteiger partial charge in [-0.05, 0) is 42.3 Å². The van der Waals surface area contributed by atoms with E-state index in [9.17, 15) is 18.0 Å². The molecule has 4 aromatic carbocycles. The number of aryl methyl sites for hydroxylation is 1. The molecular weight excluding hydrogens is 508 g/mol. The van der Waals surface area contributed by atoms with Crippen LogP contribution in [0, 0.1) is 12.7 Å². The predicted octanol–water partition coefficient (Wildman–Crippen LogP) is 8.02. The first-order valence-electron chi connectivity index (χ1n) is 12.2. The SMILES string of the molecule is COC(=O)CC1c2cccc(F)c2N=C(c2ccc(-c3cccc(C)c3)cc2)N1c1cccc(C(F)(F)F)c1. The highest BCUT2D eigenvalue weighted by atomic mass is 19.4. The number of rotatable bonds is 5. The molecule has 0 N–H and O–H groups in total. The number of hydrogen-bond acceptors (Lipinski definition) is 4. The molecule has 0 spiro atoms. The van der Waals surface area contributed by atoms with Crippen molar-refractivity contribution in [2.75, 3.05) is 12.0 Å². The first-order chi connectivity index (χ1) is 18.7. The number of anilines is 1. The summed E-state index contributed by atoms with van der Waals surface area (Å²) in [6.45, 7) is 2.00. The number of halogens is 4. The quantitative estimate of drug-likeness (QED) is 0.193. The van der Waals surface area contributed by atoms with Crippen molar-refractivity contribution in [1.82, 2.24) is 0 Å². The van der Waals surface area contributed by atoms with Crippen LogP contribution in [0.5, 0.6) is 0 Å². The summed E-state index contributed by atoms with van der Waals surface area (Å²) in [5.41, 5.74) is 3.30. The van der Waals surface area contributed by atoms with E-state index in [-0.39, 0.29) is 23.6 Å². The third-order valence-corrected chi connectivity index (χ3v) is 6.67. The molecule has 4 aromatic rings. The lowest BCUT2D eigenvalue weighted by Gasteiger charge is -2.38. The van der Waals surface area contributed by atoms with E-state index in [0.717, 1.165) is 28.8 Å². The highest BCUT2D eigenvalue weighted by Gasteiger charge is 2.37. The summed E-state index contributed by atoms with van der Waals surface area (Å²) in [5.74, 6) is -0.972. The third kappa shape index (κ3) is 5.27. The number of fused-ring (bicyclic) bond motifs is 1. The van der Waals surface area contributed by atoms with E-state index < -0.39 is 29.6 Å². The molecular formula is C31H24F4N2O2. The van der Waals surface area contributed by atoms with Gasteiger partial charge in [0.1, 0.15) is 17.3 Å². The van der Waals surface area contributed by atoms with Gasteiger partial charge in [-0.25, -0.2) is 9.38 Å². The topological polar surface area (TPSA) is 41.9 Å². The standard InChI is InChI=1S/C31H24F4N2O2/c1-19-6-3-7-22(16-19)20-12-14-21(15-13-20)30-36-29-25(10-5-11-26(29)32)27(18-28(38)39-2)37(30)24-9-4-8-23(17-24)31(33,34)35/h3-17,27H,18H2,1-2H3. The summed E-state index contributed by atoms with van der Waals surface area (Å²) in [6, 6.07) is 23.6. The fourth-order valence-electron chi connectivity index (χ4n) is 4.78. The number of benzene rings is 4. The Hall–Kier alpha value is -4.46. The number of amidine groups is 1. The Morgan fingerprint density at radius 2 is 1.59 bits per heavy atom. The van der Waals surface area contributed by atoms with Crippen molar-refractivity contribution in [3.05, 3.63) is 119 Å². The molecule has 1 atom stereocenters. The molecule has 0 bridgehead atoms. The molecule has 1 aliphatic heterocycles. The summed E-state index contributed by atoms with van der Waals surface area (Å²) in [6.07, 6.45) is -4.82. The van der Waals surface area contributed by atoms with E-state index in [2.05, 4.69) is 4.99 Å². The maximum Gasteiger partial charge on any atom is 0.416 e. The Morgan fingerprint density at radius 1 is 0.897 bits per heavy atom. The summed E-state index contributed by atoms with van der Waals surface area (Å²) in [5, 5.41) is 0. The minimum Gasteiger partial charge on any atom is -0.469 e. The zero-order chi connectivity index (χ0) is 27.7. The van der Waals surface area contributed by atoms with Crippen molar-refractivity contribution in [3.63, 3.8) is 0 Å². The highest BCUT2D eigenvalue weighted by Crippen LogP contribution is 2.43. The van der Waals surface area contributed by atoms with Gasteiger partial charge < -0.3 is 9.64 Å². The third-order valence-electron chi connectivity index (χ3n) is 6.67. The van der Waals surface area contributed by atoms with Crippen LogP contribution in [0.15, 0.2) is 96.0 Å². The number of alkyl halides is 3. The van der Waals surface area contributed by atoms with Gasteiger partial charge in [-0.15, -0.1) is 0 Å². The molecule has 1 unspecified atom stereocenters. The number of esters is 1. The number of hydrogen-bond donors (Lipinski definition) is 0. The van der Waals surface area contributed by atoms with Gasteiger partial charge in [0.2, 0.25) is 0 Å². The van der Waals surface area contributed by atoms with E-state index in [4.69, 9.17) is 4.74 Å². The van der Waals surface area contributed by atoms with Gasteiger partial charge in [0, 0.05) is 16.8 Å². The average Bonchev–Trinajstić information content (AvgIpc) is 2.93. The maximum absolute atomic E-state index is 15.0. The molecule has 5 rings (SSSR count). The molecule has 0 aliphatic carbocycles. The van der Waals surface area contributed by atoms with Crippen LogP contribution in [0.4, 0.5) is 28.9 Å². The normalized spacial score (nSPS) is 15.0. The van der Waals surface area contributed by atoms with Gasteiger partial charge in [-0.2, -0.15) is 13.2 Å². The number of ether oxygens (including phenoxy) is 1. The first-order valence-corrected chi connectivity index (χ1v) is 12.2. The smallest absolute Gasteiger partial charge is 0.416 e. The monoisotopic (exact) mass is 532 g/mol. The van der Waals surface area contributed by atoms with Crippen molar-refractivity contribution in [3.8, 4) is 11.1 Å². The molecule has 0 fully saturated rings. The first kappa shape index (κ1) is 26.2. The van der Waals surface area contributed by atoms with E-state index >= 15 is 4.39 Å². The molecule has 0 aromatic heterocycles. The molecule has 39 heavy (non-hydrogen) atoms. The van der Waals surface area contributed by atoms with Gasteiger partial charge in [-0.3, -0.25) is 4.79 Å². The Bertz CT molecular complexity index is 1560. The Labute approximate surface area is 223 Å². The lowest BCUT2D eigenvalue weighted by molar-refractivity contribution is -0.141. The fourth-order valence-corrected chi connectivity index (χ4v) is 4.78. The number of aliphatic imine (C=N–C) groups is 1. The summed E-state index contributed by atoms with van der Waals surface area (Å²) < 4.78 is 60.9. The number of nitrogens with zero attached hydrogens (tertiary/aromatic N) is 2. The highest BCUT2D eigenvalue weighted by molar-refractivity contribution is 6.13. The van der Waals surface area contributed by atoms with Crippen LogP contribution in [-0.4, -0.2) is 18.9 Å². The number of carbonyl (C=O) groups is 1. The van der Waals surface area contributed by atoms with Crippen LogP contribution >= 0.6 is 0 Å². The van der Waals surface area contributed by atoms with Crippen molar-refractivity contribution in [2.45, 2.75) is 25.6 Å². The number of carbonyl (C=O) groups excluding carboxylic acids is 1. The second-order valence-corrected chi connectivity index (χ2v) is 9.27. The van der Waals surface area contributed by atoms with Gasteiger partial charge >= 0.3 is 12.1 Å². The largest absolute Gasteiger partial charge is 0.469 e. The second-order valence-electron chi connectivity index (χ2n) is 9.27. The molecule has 0 amide bonds. The van der Waals surface area contributed by atoms with Crippen molar-refractivity contribution in [1.29, 1.82) is 0 Å². The van der Waals surface area contributed by atoms with Crippen LogP contribution in [0.3, 0.4) is 0 Å². The molecule has 1 aliphatic rings. The molecule has 8 heteroatoms. The van der Waals surface area contributed by atoms with Gasteiger partial charge in [0.05, 0.1) is 25.1 Å². The minimum atomic E-state index is -4.58. The summed E-state index contributed by atoms with van der Waals surface area (Å²) >= 11 is 0. The van der Waals surface area contributed by atoms with Gasteiger partial charge in [0.25, 0.3) is 0 Å². The molecule has 0 radical (unpaired) electrons. The molecule has 0 saturated carbocycles. The number of para-hydroxylation sites is 1. The second kappa shape index (κ2) is 10.4. The van der Waals surface area contributed by atoms with Crippen molar-refractivity contribution >= 4 is 23.2 Å². The van der Waals surface area contributed by atoms with Crippen LogP contribution in [0.2, 0.25) is 0 Å². The lowest BCUT2D eigenvalue weighted by Crippen LogP contribution is -2.39. The van der Waals surface area contributed by atoms with Gasteiger partial charge in [0.15, 0.2) is 0 Å². The van der Waals surface area contributed by atoms with Crippen molar-refractivity contribution < 1.29 is 27.1 Å². The molecule has 0 saturated heterocycles. The van der Waals surface area contributed by atoms with E-state index in [1.165, 1.54) is 31.4 Å². The minimum absolute atomic E-state index is 0.0346. The average molecular weight is 533 g/mol. The van der Waals surface area contributed by atoms with E-state index in [1.54, 1.807) is 23.1 Å². The van der Waals surface area contributed by atoms with E-state index in [0.29, 0.717) is 11.1 Å². The van der Waals surface area contributed by atoms with Crippen LogP contribution in [-0.2, 0) is 15.7 Å². The molecule has 4 nitrogen and oxygen atoms in total. The van der Waals surface area contributed by atoms with Crippen molar-refractivity contribution in [2.24, 2.45) is 4.99 Å². The van der Waals surface area contributed by atoms with Crippen LogP contribution < -0.4 is 4.90 Å². The lowest BCUT2D eigenvalue weighted by atomic mass is 9.94. The zero-order valence-electron chi connectivity index (χ0n) is 21.2. The number of methoxy groups -OCH3 is 1. The Morgan fingerprint density at radius 3 is 2.28 bits per heavy atom. The fraction of sp³-hybridized carbons (Fsp3) is 0.161. The Kier molecular flexibility index (Phi) is 6.95. The van der Waals surface area contributed by atoms with Crippen LogP contribution in [0.1, 0.15) is 34.7 Å². The predicted molar refractivity (Wildman–Crippen MR) is 143 cm³/mol. The zero-order valence-corrected chi connectivity index (χ0v) is 21.2. The maximum atomic E-state index is 15.0.